The molecule has 0 unspecified atom stereocenters. The van der Waals surface area contributed by atoms with Gasteiger partial charge in [0, 0.05) is 6.54 Å². The highest BCUT2D eigenvalue weighted by molar-refractivity contribution is 5.67. The molecule has 0 fully saturated rings. The zero-order valence-corrected chi connectivity index (χ0v) is 16.5. The number of unbranched alkanes of at least 4 members (excludes halogenated alkanes) is 1. The number of aryl methyl sites for hydroxylation is 2. The lowest BCUT2D eigenvalue weighted by Gasteiger charge is -2.08. The number of ether oxygens (including phenoxy) is 1. The van der Waals surface area contributed by atoms with Gasteiger partial charge in [0.25, 0.3) is 5.56 Å². The van der Waals surface area contributed by atoms with Gasteiger partial charge in [-0.2, -0.15) is 0 Å². The van der Waals surface area contributed by atoms with Crippen LogP contribution in [0, 0.1) is 6.92 Å². The van der Waals surface area contributed by atoms with E-state index in [1.54, 1.807) is 0 Å². The van der Waals surface area contributed by atoms with Gasteiger partial charge in [-0.15, -0.1) is 0 Å². The number of nitrogens with zero attached hydrogens (tertiary/aromatic N) is 1. The van der Waals surface area contributed by atoms with E-state index in [9.17, 15) is 9.59 Å². The molecule has 1 heterocycles. The molecule has 0 aliphatic rings. The Morgan fingerprint density at radius 2 is 1.72 bits per heavy atom. The SMILES string of the molecule is Cc1nc(CCCCNC(=O)OCc2ccccc2)c(=O)[nH]c1-c1ccccc1. The van der Waals surface area contributed by atoms with Gasteiger partial charge in [0.15, 0.2) is 0 Å². The Bertz CT molecular complexity index is 985. The molecule has 0 aliphatic carbocycles. The molecule has 2 aromatic carbocycles. The number of aromatic nitrogens is 2. The molecule has 6 nitrogen and oxygen atoms in total. The molecule has 0 saturated carbocycles. The van der Waals surface area contributed by atoms with E-state index in [4.69, 9.17) is 4.74 Å². The van der Waals surface area contributed by atoms with Crippen LogP contribution in [0.2, 0.25) is 0 Å². The van der Waals surface area contributed by atoms with Gasteiger partial charge in [-0.3, -0.25) is 9.78 Å². The molecular weight excluding hydrogens is 366 g/mol. The van der Waals surface area contributed by atoms with Crippen molar-refractivity contribution in [3.63, 3.8) is 0 Å². The van der Waals surface area contributed by atoms with Crippen LogP contribution in [0.1, 0.15) is 29.8 Å². The van der Waals surface area contributed by atoms with Crippen LogP contribution in [0.15, 0.2) is 65.5 Å². The van der Waals surface area contributed by atoms with Gasteiger partial charge >= 0.3 is 6.09 Å². The molecule has 2 N–H and O–H groups in total. The largest absolute Gasteiger partial charge is 0.445 e. The molecule has 0 bridgehead atoms. The van der Waals surface area contributed by atoms with Crippen LogP contribution in [0.5, 0.6) is 0 Å². The van der Waals surface area contributed by atoms with Gasteiger partial charge in [0.2, 0.25) is 0 Å². The van der Waals surface area contributed by atoms with Crippen molar-refractivity contribution in [2.24, 2.45) is 0 Å². The fourth-order valence-corrected chi connectivity index (χ4v) is 3.02. The molecule has 3 rings (SSSR count). The van der Waals surface area contributed by atoms with Crippen LogP contribution in [0.3, 0.4) is 0 Å². The molecule has 29 heavy (non-hydrogen) atoms. The summed E-state index contributed by atoms with van der Waals surface area (Å²) in [7, 11) is 0. The van der Waals surface area contributed by atoms with Crippen LogP contribution in [-0.4, -0.2) is 22.6 Å². The first-order chi connectivity index (χ1) is 14.1. The van der Waals surface area contributed by atoms with Crippen molar-refractivity contribution in [3.05, 3.63) is 88.0 Å². The molecule has 150 valence electrons. The predicted molar refractivity (Wildman–Crippen MR) is 113 cm³/mol. The Labute approximate surface area is 170 Å². The average molecular weight is 391 g/mol. The zero-order chi connectivity index (χ0) is 20.5. The number of benzene rings is 2. The lowest BCUT2D eigenvalue weighted by molar-refractivity contribution is 0.139. The lowest BCUT2D eigenvalue weighted by Crippen LogP contribution is -2.25. The summed E-state index contributed by atoms with van der Waals surface area (Å²) in [6.07, 6.45) is 1.61. The molecule has 0 spiro atoms. The Hall–Kier alpha value is -3.41. The highest BCUT2D eigenvalue weighted by Crippen LogP contribution is 2.18. The van der Waals surface area contributed by atoms with Gasteiger partial charge in [-0.1, -0.05) is 60.7 Å². The molecule has 1 aromatic heterocycles. The van der Waals surface area contributed by atoms with Crippen molar-refractivity contribution in [1.82, 2.24) is 15.3 Å². The fourth-order valence-electron chi connectivity index (χ4n) is 3.02. The summed E-state index contributed by atoms with van der Waals surface area (Å²) in [5, 5.41) is 2.73. The minimum Gasteiger partial charge on any atom is -0.445 e. The maximum absolute atomic E-state index is 12.3. The smallest absolute Gasteiger partial charge is 0.407 e. The monoisotopic (exact) mass is 391 g/mol. The number of H-pyrrole nitrogens is 1. The topological polar surface area (TPSA) is 84.1 Å². The third kappa shape index (κ3) is 6.04. The zero-order valence-electron chi connectivity index (χ0n) is 16.5. The van der Waals surface area contributed by atoms with Crippen molar-refractivity contribution < 1.29 is 9.53 Å². The normalized spacial score (nSPS) is 10.5. The Morgan fingerprint density at radius 3 is 2.45 bits per heavy atom. The van der Waals surface area contributed by atoms with E-state index in [0.29, 0.717) is 18.7 Å². The number of aromatic amines is 1. The second kappa shape index (κ2) is 10.2. The van der Waals surface area contributed by atoms with Crippen LogP contribution in [-0.2, 0) is 17.8 Å². The van der Waals surface area contributed by atoms with Crippen LogP contribution in [0.4, 0.5) is 4.79 Å². The Morgan fingerprint density at radius 1 is 1.03 bits per heavy atom. The maximum Gasteiger partial charge on any atom is 0.407 e. The summed E-state index contributed by atoms with van der Waals surface area (Å²) in [5.74, 6) is 0. The van der Waals surface area contributed by atoms with Crippen molar-refractivity contribution in [2.45, 2.75) is 32.8 Å². The Kier molecular flexibility index (Phi) is 7.16. The molecule has 0 radical (unpaired) electrons. The lowest BCUT2D eigenvalue weighted by atomic mass is 10.1. The molecule has 6 heteroatoms. The molecule has 0 saturated heterocycles. The van der Waals surface area contributed by atoms with E-state index in [0.717, 1.165) is 35.4 Å². The first-order valence-electron chi connectivity index (χ1n) is 9.73. The van der Waals surface area contributed by atoms with E-state index in [-0.39, 0.29) is 12.2 Å². The first kappa shape index (κ1) is 20.3. The first-order valence-corrected chi connectivity index (χ1v) is 9.73. The van der Waals surface area contributed by atoms with Gasteiger partial charge in [-0.05, 0) is 37.3 Å². The Balaban J connectivity index is 1.42. The number of carbonyl (C=O) groups is 1. The predicted octanol–water partition coefficient (Wildman–Crippen LogP) is 3.99. The van der Waals surface area contributed by atoms with E-state index in [1.807, 2.05) is 67.6 Å². The summed E-state index contributed by atoms with van der Waals surface area (Å²) in [4.78, 5) is 31.5. The number of hydrogen-bond donors (Lipinski definition) is 2. The number of alkyl carbamates (subject to hydrolysis) is 1. The van der Waals surface area contributed by atoms with Gasteiger partial charge in [0.1, 0.15) is 12.3 Å². The van der Waals surface area contributed by atoms with Crippen molar-refractivity contribution in [2.75, 3.05) is 6.54 Å². The average Bonchev–Trinajstić information content (AvgIpc) is 2.75. The van der Waals surface area contributed by atoms with Gasteiger partial charge in [-0.25, -0.2) is 4.79 Å². The van der Waals surface area contributed by atoms with Gasteiger partial charge < -0.3 is 15.0 Å². The van der Waals surface area contributed by atoms with Crippen LogP contribution >= 0.6 is 0 Å². The summed E-state index contributed by atoms with van der Waals surface area (Å²) in [5.41, 5.74) is 3.80. The maximum atomic E-state index is 12.3. The highest BCUT2D eigenvalue weighted by atomic mass is 16.5. The molecule has 0 atom stereocenters. The molecule has 1 amide bonds. The number of rotatable bonds is 8. The second-order valence-electron chi connectivity index (χ2n) is 6.78. The number of hydrogen-bond acceptors (Lipinski definition) is 4. The third-order valence-electron chi connectivity index (χ3n) is 4.55. The van der Waals surface area contributed by atoms with E-state index >= 15 is 0 Å². The summed E-state index contributed by atoms with van der Waals surface area (Å²) < 4.78 is 5.17. The number of amides is 1. The van der Waals surface area contributed by atoms with Crippen molar-refractivity contribution >= 4 is 6.09 Å². The third-order valence-corrected chi connectivity index (χ3v) is 4.55. The van der Waals surface area contributed by atoms with Crippen molar-refractivity contribution in [3.8, 4) is 11.3 Å². The van der Waals surface area contributed by atoms with E-state index in [1.165, 1.54) is 0 Å². The van der Waals surface area contributed by atoms with E-state index < -0.39 is 6.09 Å². The highest BCUT2D eigenvalue weighted by Gasteiger charge is 2.09. The summed E-state index contributed by atoms with van der Waals surface area (Å²) in [6, 6.07) is 19.2. The van der Waals surface area contributed by atoms with Crippen LogP contribution in [0.25, 0.3) is 11.3 Å². The fraction of sp³-hybridized carbons (Fsp3) is 0.261. The molecule has 3 aromatic rings. The quantitative estimate of drug-likeness (QED) is 0.569. The number of carbonyl (C=O) groups excluding carboxylic acids is 1. The minimum atomic E-state index is -0.437. The standard InChI is InChI=1S/C23H25N3O3/c1-17-21(19-12-6-3-7-13-19)26-22(27)20(25-17)14-8-9-15-24-23(28)29-16-18-10-4-2-5-11-18/h2-7,10-13H,8-9,14-16H2,1H3,(H,24,28)(H,26,27). The van der Waals surface area contributed by atoms with Crippen LogP contribution < -0.4 is 10.9 Å². The summed E-state index contributed by atoms with van der Waals surface area (Å²) in [6.45, 7) is 2.64. The van der Waals surface area contributed by atoms with E-state index in [2.05, 4.69) is 15.3 Å². The van der Waals surface area contributed by atoms with Gasteiger partial charge in [0.05, 0.1) is 11.4 Å². The van der Waals surface area contributed by atoms with Crippen molar-refractivity contribution in [1.29, 1.82) is 0 Å². The number of nitrogens with one attached hydrogen (secondary N) is 2. The second-order valence-corrected chi connectivity index (χ2v) is 6.78. The molecular formula is C23H25N3O3. The minimum absolute atomic E-state index is 0.162. The summed E-state index contributed by atoms with van der Waals surface area (Å²) >= 11 is 0. The molecule has 0 aliphatic heterocycles.